The van der Waals surface area contributed by atoms with Crippen molar-refractivity contribution in [1.29, 1.82) is 0 Å². The van der Waals surface area contributed by atoms with Gasteiger partial charge in [-0.3, -0.25) is 4.79 Å². The van der Waals surface area contributed by atoms with Gasteiger partial charge in [0, 0.05) is 0 Å². The van der Waals surface area contributed by atoms with E-state index in [9.17, 15) is 13.2 Å². The molecule has 0 radical (unpaired) electrons. The summed E-state index contributed by atoms with van der Waals surface area (Å²) < 4.78 is 29.6. The van der Waals surface area contributed by atoms with Gasteiger partial charge in [0.2, 0.25) is 0 Å². The van der Waals surface area contributed by atoms with Gasteiger partial charge in [0.1, 0.15) is 0 Å². The molecule has 1 aliphatic carbocycles. The number of carbonyl (C=O) groups is 1. The number of benzene rings is 1. The molecule has 1 fully saturated rings. The molecule has 1 aromatic rings. The molecule has 5 heteroatoms. The molecule has 0 bridgehead atoms. The number of aryl methyl sites for hydroxylation is 2. The second kappa shape index (κ2) is 5.79. The molecule has 21 heavy (non-hydrogen) atoms. The van der Waals surface area contributed by atoms with Gasteiger partial charge < -0.3 is 4.74 Å². The van der Waals surface area contributed by atoms with E-state index >= 15 is 0 Å². The zero-order valence-corrected chi connectivity index (χ0v) is 13.6. The zero-order chi connectivity index (χ0) is 15.7. The van der Waals surface area contributed by atoms with E-state index in [2.05, 4.69) is 4.74 Å². The van der Waals surface area contributed by atoms with E-state index in [1.807, 2.05) is 32.0 Å². The molecule has 2 rings (SSSR count). The highest BCUT2D eigenvalue weighted by Gasteiger charge is 2.47. The Kier molecular flexibility index (Phi) is 4.42. The molecule has 0 aliphatic heterocycles. The fraction of sp³-hybridized carbons (Fsp3) is 0.562. The van der Waals surface area contributed by atoms with Crippen LogP contribution in [0.3, 0.4) is 0 Å². The monoisotopic (exact) mass is 310 g/mol. The zero-order valence-electron chi connectivity index (χ0n) is 12.8. The summed E-state index contributed by atoms with van der Waals surface area (Å²) >= 11 is 0. The topological polar surface area (TPSA) is 60.4 Å². The van der Waals surface area contributed by atoms with Crippen LogP contribution in [0.1, 0.15) is 36.0 Å². The SMILES string of the molecule is COC(=O)CC1(CS(=O)(=O)Cc2c(C)cccc2C)CC1. The van der Waals surface area contributed by atoms with Crippen molar-refractivity contribution in [2.45, 2.75) is 38.9 Å². The Morgan fingerprint density at radius 2 is 1.81 bits per heavy atom. The van der Waals surface area contributed by atoms with Crippen LogP contribution in [0.2, 0.25) is 0 Å². The molecule has 0 aromatic heterocycles. The van der Waals surface area contributed by atoms with Crippen molar-refractivity contribution in [3.05, 3.63) is 34.9 Å². The van der Waals surface area contributed by atoms with Gasteiger partial charge in [0.15, 0.2) is 9.84 Å². The van der Waals surface area contributed by atoms with Crippen molar-refractivity contribution in [3.8, 4) is 0 Å². The van der Waals surface area contributed by atoms with Gasteiger partial charge in [-0.2, -0.15) is 0 Å². The second-order valence-electron chi connectivity index (χ2n) is 6.16. The van der Waals surface area contributed by atoms with E-state index < -0.39 is 9.84 Å². The second-order valence-corrected chi connectivity index (χ2v) is 8.22. The van der Waals surface area contributed by atoms with E-state index in [4.69, 9.17) is 0 Å². The Hall–Kier alpha value is -1.36. The average Bonchev–Trinajstić information content (AvgIpc) is 3.12. The molecule has 1 saturated carbocycles. The predicted molar refractivity (Wildman–Crippen MR) is 81.7 cm³/mol. The first-order valence-corrected chi connectivity index (χ1v) is 8.91. The largest absolute Gasteiger partial charge is 0.469 e. The minimum absolute atomic E-state index is 0.0500. The van der Waals surface area contributed by atoms with Gasteiger partial charge in [-0.1, -0.05) is 18.2 Å². The average molecular weight is 310 g/mol. The summed E-state index contributed by atoms with van der Waals surface area (Å²) in [5, 5.41) is 0. The number of rotatable bonds is 6. The van der Waals surface area contributed by atoms with E-state index in [0.717, 1.165) is 29.5 Å². The van der Waals surface area contributed by atoms with Gasteiger partial charge in [0.05, 0.1) is 25.0 Å². The number of ether oxygens (including phenoxy) is 1. The fourth-order valence-electron chi connectivity index (χ4n) is 2.74. The maximum Gasteiger partial charge on any atom is 0.306 e. The highest BCUT2D eigenvalue weighted by atomic mass is 32.2. The molecule has 0 N–H and O–H groups in total. The molecule has 4 nitrogen and oxygen atoms in total. The number of sulfone groups is 1. The van der Waals surface area contributed by atoms with Crippen molar-refractivity contribution >= 4 is 15.8 Å². The maximum absolute atomic E-state index is 12.5. The molecule has 0 heterocycles. The Morgan fingerprint density at radius 3 is 2.29 bits per heavy atom. The Labute approximate surface area is 126 Å². The lowest BCUT2D eigenvalue weighted by atomic mass is 10.1. The van der Waals surface area contributed by atoms with Crippen LogP contribution in [0, 0.1) is 19.3 Å². The number of esters is 1. The van der Waals surface area contributed by atoms with Crippen LogP contribution in [-0.2, 0) is 25.1 Å². The molecule has 1 aromatic carbocycles. The number of hydrogen-bond acceptors (Lipinski definition) is 4. The van der Waals surface area contributed by atoms with Crippen LogP contribution in [0.15, 0.2) is 18.2 Å². The smallest absolute Gasteiger partial charge is 0.306 e. The van der Waals surface area contributed by atoms with E-state index in [-0.39, 0.29) is 29.3 Å². The Balaban J connectivity index is 2.11. The fourth-order valence-corrected chi connectivity index (χ4v) is 5.06. The number of carbonyl (C=O) groups excluding carboxylic acids is 1. The summed E-state index contributed by atoms with van der Waals surface area (Å²) in [7, 11) is -1.90. The highest BCUT2D eigenvalue weighted by Crippen LogP contribution is 2.50. The van der Waals surface area contributed by atoms with Crippen LogP contribution in [0.5, 0.6) is 0 Å². The molecule has 0 amide bonds. The third-order valence-corrected chi connectivity index (χ3v) is 6.02. The van der Waals surface area contributed by atoms with Crippen LogP contribution in [-0.4, -0.2) is 27.2 Å². The quantitative estimate of drug-likeness (QED) is 0.758. The number of hydrogen-bond donors (Lipinski definition) is 0. The van der Waals surface area contributed by atoms with Crippen molar-refractivity contribution < 1.29 is 17.9 Å². The van der Waals surface area contributed by atoms with Gasteiger partial charge in [0.25, 0.3) is 0 Å². The lowest BCUT2D eigenvalue weighted by Crippen LogP contribution is -2.22. The molecule has 0 saturated heterocycles. The van der Waals surface area contributed by atoms with E-state index in [1.54, 1.807) is 0 Å². The normalized spacial score (nSPS) is 16.5. The van der Waals surface area contributed by atoms with E-state index in [1.165, 1.54) is 7.11 Å². The van der Waals surface area contributed by atoms with Gasteiger partial charge in [-0.25, -0.2) is 8.42 Å². The molecule has 0 spiro atoms. The third-order valence-electron chi connectivity index (χ3n) is 4.24. The van der Waals surface area contributed by atoms with Crippen LogP contribution in [0.25, 0.3) is 0 Å². The van der Waals surface area contributed by atoms with Crippen molar-refractivity contribution in [2.75, 3.05) is 12.9 Å². The highest BCUT2D eigenvalue weighted by molar-refractivity contribution is 7.90. The van der Waals surface area contributed by atoms with Crippen molar-refractivity contribution in [2.24, 2.45) is 5.41 Å². The minimum atomic E-state index is -3.24. The van der Waals surface area contributed by atoms with Gasteiger partial charge in [-0.15, -0.1) is 0 Å². The van der Waals surface area contributed by atoms with Crippen molar-refractivity contribution in [3.63, 3.8) is 0 Å². The first-order chi connectivity index (χ1) is 9.77. The minimum Gasteiger partial charge on any atom is -0.469 e. The first kappa shape index (κ1) is 16.0. The van der Waals surface area contributed by atoms with Crippen LogP contribution < -0.4 is 0 Å². The van der Waals surface area contributed by atoms with Crippen LogP contribution in [0.4, 0.5) is 0 Å². The van der Waals surface area contributed by atoms with Gasteiger partial charge in [-0.05, 0) is 48.8 Å². The predicted octanol–water partition coefficient (Wildman–Crippen LogP) is 2.56. The standard InChI is InChI=1S/C16H22O4S/c1-12-5-4-6-13(2)14(12)10-21(18,19)11-16(7-8-16)9-15(17)20-3/h4-6H,7-11H2,1-3H3. The maximum atomic E-state index is 12.5. The molecule has 1 aliphatic rings. The Morgan fingerprint density at radius 1 is 1.24 bits per heavy atom. The lowest BCUT2D eigenvalue weighted by Gasteiger charge is -2.15. The molecule has 0 unspecified atom stereocenters. The molecular formula is C16H22O4S. The molecule has 116 valence electrons. The summed E-state index contributed by atoms with van der Waals surface area (Å²) in [6.07, 6.45) is 1.78. The van der Waals surface area contributed by atoms with E-state index in [0.29, 0.717) is 0 Å². The lowest BCUT2D eigenvalue weighted by molar-refractivity contribution is -0.141. The van der Waals surface area contributed by atoms with Crippen molar-refractivity contribution in [1.82, 2.24) is 0 Å². The van der Waals surface area contributed by atoms with Crippen LogP contribution >= 0.6 is 0 Å². The summed E-state index contributed by atoms with van der Waals surface area (Å²) in [5.41, 5.74) is 2.49. The summed E-state index contributed by atoms with van der Waals surface area (Å²) in [6.45, 7) is 3.86. The van der Waals surface area contributed by atoms with Gasteiger partial charge >= 0.3 is 5.97 Å². The summed E-state index contributed by atoms with van der Waals surface area (Å²) in [4.78, 5) is 11.4. The molecule has 0 atom stereocenters. The summed E-state index contributed by atoms with van der Waals surface area (Å²) in [6, 6.07) is 5.79. The number of methoxy groups -OCH3 is 1. The molecular weight excluding hydrogens is 288 g/mol. The first-order valence-electron chi connectivity index (χ1n) is 7.09. The summed E-state index contributed by atoms with van der Waals surface area (Å²) in [5.74, 6) is -0.202. The Bertz CT molecular complexity index is 622. The third kappa shape index (κ3) is 4.06.